The second-order valence-corrected chi connectivity index (χ2v) is 4.84. The van der Waals surface area contributed by atoms with E-state index >= 15 is 0 Å². The largest absolute Gasteiger partial charge is 0.496 e. The first-order valence-corrected chi connectivity index (χ1v) is 6.40. The maximum atomic E-state index is 8.72. The molecule has 96 valence electrons. The van der Waals surface area contributed by atoms with Crippen molar-refractivity contribution in [2.75, 3.05) is 7.11 Å². The van der Waals surface area contributed by atoms with Crippen molar-refractivity contribution >= 4 is 23.2 Å². The molecule has 2 aromatic carbocycles. The topological polar surface area (TPSA) is 33.0 Å². The lowest BCUT2D eigenvalue weighted by molar-refractivity contribution is 0.416. The molecule has 4 heteroatoms. The van der Waals surface area contributed by atoms with Crippen LogP contribution in [0.15, 0.2) is 36.4 Å². The molecule has 0 N–H and O–H groups in total. The number of nitrogens with zero attached hydrogens (tertiary/aromatic N) is 1. The van der Waals surface area contributed by atoms with Crippen LogP contribution in [-0.4, -0.2) is 7.11 Å². The minimum Gasteiger partial charge on any atom is -0.496 e. The third kappa shape index (κ3) is 3.01. The number of nitriles is 1. The number of rotatable bonds is 3. The van der Waals surface area contributed by atoms with Crippen LogP contribution in [0.4, 0.5) is 0 Å². The van der Waals surface area contributed by atoms with Gasteiger partial charge >= 0.3 is 0 Å². The number of hydrogen-bond donors (Lipinski definition) is 0. The number of methoxy groups -OCH3 is 1. The van der Waals surface area contributed by atoms with E-state index in [9.17, 15) is 0 Å². The molecule has 0 fully saturated rings. The molecule has 0 spiro atoms. The Kier molecular flexibility index (Phi) is 4.31. The summed E-state index contributed by atoms with van der Waals surface area (Å²) >= 11 is 12.1. The molecule has 0 saturated heterocycles. The van der Waals surface area contributed by atoms with Crippen LogP contribution in [0.5, 0.6) is 5.75 Å². The van der Waals surface area contributed by atoms with E-state index in [0.717, 1.165) is 16.7 Å². The minimum absolute atomic E-state index is 0.352. The van der Waals surface area contributed by atoms with Gasteiger partial charge in [0.2, 0.25) is 0 Å². The van der Waals surface area contributed by atoms with Crippen LogP contribution in [0.1, 0.15) is 5.56 Å². The van der Waals surface area contributed by atoms with E-state index in [-0.39, 0.29) is 0 Å². The Morgan fingerprint density at radius 2 is 1.84 bits per heavy atom. The SMILES string of the molecule is COc1cc(CC#N)ccc1-c1ccc(Cl)cc1Cl. The van der Waals surface area contributed by atoms with Crippen LogP contribution in [0.25, 0.3) is 11.1 Å². The Hall–Kier alpha value is -1.69. The third-order valence-electron chi connectivity index (χ3n) is 2.77. The summed E-state index contributed by atoms with van der Waals surface area (Å²) in [6.07, 6.45) is 0.352. The van der Waals surface area contributed by atoms with Gasteiger partial charge in [0.1, 0.15) is 5.75 Å². The fourth-order valence-electron chi connectivity index (χ4n) is 1.87. The highest BCUT2D eigenvalue weighted by Gasteiger charge is 2.10. The van der Waals surface area contributed by atoms with Gasteiger partial charge in [-0.25, -0.2) is 0 Å². The molecule has 2 rings (SSSR count). The third-order valence-corrected chi connectivity index (χ3v) is 3.32. The van der Waals surface area contributed by atoms with E-state index in [2.05, 4.69) is 6.07 Å². The number of halogens is 2. The molecule has 19 heavy (non-hydrogen) atoms. The quantitative estimate of drug-likeness (QED) is 0.819. The van der Waals surface area contributed by atoms with Crippen LogP contribution in [0.3, 0.4) is 0 Å². The van der Waals surface area contributed by atoms with Crippen molar-refractivity contribution in [2.24, 2.45) is 0 Å². The average Bonchev–Trinajstić information content (AvgIpc) is 2.39. The van der Waals surface area contributed by atoms with Crippen molar-refractivity contribution in [3.05, 3.63) is 52.0 Å². The highest BCUT2D eigenvalue weighted by atomic mass is 35.5. The maximum absolute atomic E-state index is 8.72. The molecular weight excluding hydrogens is 281 g/mol. The van der Waals surface area contributed by atoms with Crippen LogP contribution in [0, 0.1) is 11.3 Å². The Morgan fingerprint density at radius 3 is 2.47 bits per heavy atom. The van der Waals surface area contributed by atoms with Crippen LogP contribution in [0.2, 0.25) is 10.0 Å². The van der Waals surface area contributed by atoms with Crippen molar-refractivity contribution in [1.82, 2.24) is 0 Å². The molecule has 0 atom stereocenters. The molecular formula is C15H11Cl2NO. The zero-order valence-electron chi connectivity index (χ0n) is 10.3. The molecule has 0 saturated carbocycles. The predicted octanol–water partition coefficient (Wildman–Crippen LogP) is 4.74. The number of hydrogen-bond acceptors (Lipinski definition) is 2. The van der Waals surface area contributed by atoms with E-state index in [1.54, 1.807) is 19.2 Å². The Balaban J connectivity index is 2.53. The van der Waals surface area contributed by atoms with E-state index in [1.807, 2.05) is 24.3 Å². The van der Waals surface area contributed by atoms with Crippen LogP contribution < -0.4 is 4.74 Å². The van der Waals surface area contributed by atoms with Gasteiger partial charge in [0.15, 0.2) is 0 Å². The lowest BCUT2D eigenvalue weighted by Gasteiger charge is -2.11. The van der Waals surface area contributed by atoms with Crippen molar-refractivity contribution in [2.45, 2.75) is 6.42 Å². The van der Waals surface area contributed by atoms with Gasteiger partial charge in [-0.2, -0.15) is 5.26 Å². The second-order valence-electron chi connectivity index (χ2n) is 3.99. The fraction of sp³-hybridized carbons (Fsp3) is 0.133. The van der Waals surface area contributed by atoms with Crippen LogP contribution >= 0.6 is 23.2 Å². The Labute approximate surface area is 122 Å². The van der Waals surface area contributed by atoms with Gasteiger partial charge in [0, 0.05) is 16.1 Å². The monoisotopic (exact) mass is 291 g/mol. The van der Waals surface area contributed by atoms with Gasteiger partial charge in [-0.15, -0.1) is 0 Å². The maximum Gasteiger partial charge on any atom is 0.127 e. The van der Waals surface area contributed by atoms with Crippen molar-refractivity contribution in [3.63, 3.8) is 0 Å². The Morgan fingerprint density at radius 1 is 1.11 bits per heavy atom. The fourth-order valence-corrected chi connectivity index (χ4v) is 2.38. The van der Waals surface area contributed by atoms with Crippen molar-refractivity contribution in [3.8, 4) is 22.9 Å². The molecule has 0 amide bonds. The predicted molar refractivity (Wildman–Crippen MR) is 77.8 cm³/mol. The van der Waals surface area contributed by atoms with Gasteiger partial charge in [-0.1, -0.05) is 41.4 Å². The summed E-state index contributed by atoms with van der Waals surface area (Å²) in [4.78, 5) is 0. The minimum atomic E-state index is 0.352. The lowest BCUT2D eigenvalue weighted by Crippen LogP contribution is -1.91. The highest BCUT2D eigenvalue weighted by molar-refractivity contribution is 6.36. The summed E-state index contributed by atoms with van der Waals surface area (Å²) in [6, 6.07) is 13.1. The molecule has 0 heterocycles. The lowest BCUT2D eigenvalue weighted by atomic mass is 10.0. The molecule has 0 aromatic heterocycles. The molecule has 0 bridgehead atoms. The first-order valence-electron chi connectivity index (χ1n) is 5.65. The average molecular weight is 292 g/mol. The number of ether oxygens (including phenoxy) is 1. The summed E-state index contributed by atoms with van der Waals surface area (Å²) in [5, 5.41) is 9.88. The van der Waals surface area contributed by atoms with E-state index < -0.39 is 0 Å². The Bertz CT molecular complexity index is 647. The molecule has 0 aliphatic rings. The zero-order chi connectivity index (χ0) is 13.8. The summed E-state index contributed by atoms with van der Waals surface area (Å²) in [7, 11) is 1.60. The molecule has 0 radical (unpaired) electrons. The summed E-state index contributed by atoms with van der Waals surface area (Å²) in [6.45, 7) is 0. The van der Waals surface area contributed by atoms with Gasteiger partial charge in [0.05, 0.1) is 24.6 Å². The van der Waals surface area contributed by atoms with Crippen molar-refractivity contribution in [1.29, 1.82) is 5.26 Å². The first kappa shape index (κ1) is 13.7. The standard InChI is InChI=1S/C15H11Cl2NO/c1-19-15-8-10(6-7-18)2-4-13(15)12-5-3-11(16)9-14(12)17/h2-5,8-9H,6H2,1H3. The smallest absolute Gasteiger partial charge is 0.127 e. The number of benzene rings is 2. The van der Waals surface area contributed by atoms with Gasteiger partial charge in [-0.05, 0) is 23.8 Å². The first-order chi connectivity index (χ1) is 9.15. The summed E-state index contributed by atoms with van der Waals surface area (Å²) < 4.78 is 5.37. The van der Waals surface area contributed by atoms with E-state index in [4.69, 9.17) is 33.2 Å². The van der Waals surface area contributed by atoms with Gasteiger partial charge in [0.25, 0.3) is 0 Å². The van der Waals surface area contributed by atoms with Gasteiger partial charge in [-0.3, -0.25) is 0 Å². The second kappa shape index (κ2) is 5.97. The van der Waals surface area contributed by atoms with Crippen molar-refractivity contribution < 1.29 is 4.74 Å². The highest BCUT2D eigenvalue weighted by Crippen LogP contribution is 2.36. The molecule has 2 aromatic rings. The van der Waals surface area contributed by atoms with Gasteiger partial charge < -0.3 is 4.74 Å². The zero-order valence-corrected chi connectivity index (χ0v) is 11.8. The summed E-state index contributed by atoms with van der Waals surface area (Å²) in [5.74, 6) is 0.692. The summed E-state index contributed by atoms with van der Waals surface area (Å²) in [5.41, 5.74) is 2.64. The van der Waals surface area contributed by atoms with Crippen LogP contribution in [-0.2, 0) is 6.42 Å². The normalized spacial score (nSPS) is 10.0. The molecule has 2 nitrogen and oxygen atoms in total. The molecule has 0 aliphatic carbocycles. The van der Waals surface area contributed by atoms with E-state index in [1.165, 1.54) is 0 Å². The molecule has 0 aliphatic heterocycles. The van der Waals surface area contributed by atoms with E-state index in [0.29, 0.717) is 22.2 Å². The molecule has 0 unspecified atom stereocenters.